The normalized spacial score (nSPS) is 16.3. The zero-order chi connectivity index (χ0) is 17.1. The molecule has 0 aliphatic heterocycles. The van der Waals surface area contributed by atoms with E-state index in [-0.39, 0.29) is 17.7 Å². The average molecular weight is 343 g/mol. The Balaban J connectivity index is 1.62. The quantitative estimate of drug-likeness (QED) is 0.926. The van der Waals surface area contributed by atoms with Gasteiger partial charge in [0, 0.05) is 43.8 Å². The molecule has 1 N–H and O–H groups in total. The summed E-state index contributed by atoms with van der Waals surface area (Å²) in [5.74, 6) is 0.0919. The molecule has 0 aromatic carbocycles. The second kappa shape index (κ2) is 7.13. The van der Waals surface area contributed by atoms with Crippen LogP contribution in [0.4, 0.5) is 0 Å². The second-order valence-electron chi connectivity index (χ2n) is 6.28. The number of hydrogen-bond acceptors (Lipinski definition) is 4. The molecule has 2 amide bonds. The molecule has 0 fully saturated rings. The third kappa shape index (κ3) is 3.64. The molecule has 2 heterocycles. The molecule has 1 aliphatic carbocycles. The van der Waals surface area contributed by atoms with E-state index in [4.69, 9.17) is 0 Å². The third-order valence-corrected chi connectivity index (χ3v) is 5.49. The Morgan fingerprint density at radius 2 is 2.25 bits per heavy atom. The summed E-state index contributed by atoms with van der Waals surface area (Å²) in [6.45, 7) is 0.504. The van der Waals surface area contributed by atoms with Crippen LogP contribution in [0.2, 0.25) is 0 Å². The number of hydrogen-bond donors (Lipinski definition) is 1. The third-order valence-electron chi connectivity index (χ3n) is 4.26. The number of amides is 2. The van der Waals surface area contributed by atoms with Crippen LogP contribution in [0.3, 0.4) is 0 Å². The molecule has 1 unspecified atom stereocenters. The van der Waals surface area contributed by atoms with E-state index in [1.807, 2.05) is 18.2 Å². The van der Waals surface area contributed by atoms with Gasteiger partial charge in [-0.05, 0) is 42.5 Å². The summed E-state index contributed by atoms with van der Waals surface area (Å²) in [6.07, 6.45) is 5.90. The van der Waals surface area contributed by atoms with E-state index in [1.165, 1.54) is 4.88 Å². The van der Waals surface area contributed by atoms with Gasteiger partial charge in [-0.25, -0.2) is 0 Å². The number of fused-ring (bicyclic) bond motifs is 1. The van der Waals surface area contributed by atoms with Crippen molar-refractivity contribution < 1.29 is 9.59 Å². The minimum atomic E-state index is -0.0221. The molecule has 2 aromatic rings. The number of thiophene rings is 1. The molecule has 24 heavy (non-hydrogen) atoms. The van der Waals surface area contributed by atoms with E-state index in [9.17, 15) is 9.59 Å². The summed E-state index contributed by atoms with van der Waals surface area (Å²) in [5, 5.41) is 3.00. The van der Waals surface area contributed by atoms with Crippen LogP contribution in [-0.2, 0) is 24.2 Å². The first-order valence-corrected chi connectivity index (χ1v) is 8.86. The lowest BCUT2D eigenvalue weighted by Crippen LogP contribution is -2.33. The Kier molecular flexibility index (Phi) is 4.94. The summed E-state index contributed by atoms with van der Waals surface area (Å²) < 4.78 is 0. The van der Waals surface area contributed by atoms with Crippen molar-refractivity contribution in [3.05, 3.63) is 51.5 Å². The Labute approximate surface area is 145 Å². The van der Waals surface area contributed by atoms with Gasteiger partial charge < -0.3 is 10.2 Å². The van der Waals surface area contributed by atoms with Crippen LogP contribution in [-0.4, -0.2) is 35.8 Å². The largest absolute Gasteiger partial charge is 0.352 e. The van der Waals surface area contributed by atoms with Crippen LogP contribution in [0.5, 0.6) is 0 Å². The van der Waals surface area contributed by atoms with E-state index in [0.29, 0.717) is 13.0 Å². The van der Waals surface area contributed by atoms with Crippen molar-refractivity contribution in [3.8, 4) is 0 Å². The van der Waals surface area contributed by atoms with Crippen molar-refractivity contribution in [2.24, 2.45) is 5.92 Å². The zero-order valence-electron chi connectivity index (χ0n) is 13.9. The molecule has 126 valence electrons. The number of aryl methyl sites for hydroxylation is 1. The molecule has 5 nitrogen and oxygen atoms in total. The zero-order valence-corrected chi connectivity index (χ0v) is 14.7. The smallest absolute Gasteiger partial charge is 0.263 e. The molecule has 0 radical (unpaired) electrons. The molecule has 2 aromatic heterocycles. The van der Waals surface area contributed by atoms with Crippen LogP contribution < -0.4 is 5.32 Å². The summed E-state index contributed by atoms with van der Waals surface area (Å²) in [4.78, 5) is 32.2. The van der Waals surface area contributed by atoms with Gasteiger partial charge in [0.1, 0.15) is 0 Å². The van der Waals surface area contributed by atoms with Crippen molar-refractivity contribution >= 4 is 23.2 Å². The van der Waals surface area contributed by atoms with Crippen LogP contribution in [0.1, 0.15) is 32.1 Å². The fourth-order valence-electron chi connectivity index (χ4n) is 2.91. The highest BCUT2D eigenvalue weighted by Gasteiger charge is 2.27. The second-order valence-corrected chi connectivity index (χ2v) is 7.41. The highest BCUT2D eigenvalue weighted by Crippen LogP contribution is 2.33. The summed E-state index contributed by atoms with van der Waals surface area (Å²) in [6, 6.07) is 5.77. The van der Waals surface area contributed by atoms with Crippen molar-refractivity contribution in [1.29, 1.82) is 0 Å². The van der Waals surface area contributed by atoms with E-state index >= 15 is 0 Å². The average Bonchev–Trinajstić information content (AvgIpc) is 3.02. The predicted molar refractivity (Wildman–Crippen MR) is 93.9 cm³/mol. The van der Waals surface area contributed by atoms with Crippen LogP contribution in [0, 0.1) is 5.92 Å². The van der Waals surface area contributed by atoms with E-state index in [1.54, 1.807) is 42.7 Å². The molecule has 0 saturated carbocycles. The molecular formula is C18H21N3O2S. The molecule has 6 heteroatoms. The number of aromatic nitrogens is 1. The Morgan fingerprint density at radius 3 is 2.96 bits per heavy atom. The minimum Gasteiger partial charge on any atom is -0.352 e. The van der Waals surface area contributed by atoms with E-state index < -0.39 is 0 Å². The van der Waals surface area contributed by atoms with Crippen molar-refractivity contribution in [2.75, 3.05) is 14.1 Å². The monoisotopic (exact) mass is 343 g/mol. The summed E-state index contributed by atoms with van der Waals surface area (Å²) >= 11 is 1.56. The number of nitrogens with zero attached hydrogens (tertiary/aromatic N) is 2. The first-order chi connectivity index (χ1) is 11.5. The highest BCUT2D eigenvalue weighted by molar-refractivity contribution is 7.14. The van der Waals surface area contributed by atoms with Crippen LogP contribution in [0.25, 0.3) is 0 Å². The minimum absolute atomic E-state index is 0.0221. The van der Waals surface area contributed by atoms with Crippen molar-refractivity contribution in [2.45, 2.75) is 25.8 Å². The number of carbonyl (C=O) groups is 2. The van der Waals surface area contributed by atoms with Gasteiger partial charge in [0.15, 0.2) is 0 Å². The Hall–Kier alpha value is -2.21. The summed E-state index contributed by atoms with van der Waals surface area (Å²) in [5.41, 5.74) is 2.15. The van der Waals surface area contributed by atoms with Crippen LogP contribution >= 0.6 is 11.3 Å². The lowest BCUT2D eigenvalue weighted by atomic mass is 9.87. The van der Waals surface area contributed by atoms with Crippen molar-refractivity contribution in [1.82, 2.24) is 15.2 Å². The number of rotatable bonds is 4. The molecule has 0 saturated heterocycles. The van der Waals surface area contributed by atoms with E-state index in [0.717, 1.165) is 28.8 Å². The molecule has 3 rings (SSSR count). The van der Waals surface area contributed by atoms with Crippen molar-refractivity contribution in [3.63, 3.8) is 0 Å². The van der Waals surface area contributed by atoms with Gasteiger partial charge in [-0.1, -0.05) is 6.07 Å². The maximum atomic E-state index is 12.4. The SMILES string of the molecule is CN(C)C(=O)c1cc2c(s1)CCC(C(=O)NCc1cccnc1)C2. The van der Waals surface area contributed by atoms with Gasteiger partial charge >= 0.3 is 0 Å². The Morgan fingerprint density at radius 1 is 1.42 bits per heavy atom. The number of pyridine rings is 1. The standard InChI is InChI=1S/C18H21N3O2S/c1-21(2)18(23)16-9-14-8-13(5-6-15(14)24-16)17(22)20-11-12-4-3-7-19-10-12/h3-4,7,9-10,13H,5-6,8,11H2,1-2H3,(H,20,22). The van der Waals surface area contributed by atoms with E-state index in [2.05, 4.69) is 10.3 Å². The molecule has 0 bridgehead atoms. The van der Waals surface area contributed by atoms with Gasteiger partial charge in [-0.2, -0.15) is 0 Å². The summed E-state index contributed by atoms with van der Waals surface area (Å²) in [7, 11) is 3.52. The van der Waals surface area contributed by atoms with Gasteiger partial charge in [0.05, 0.1) is 4.88 Å². The van der Waals surface area contributed by atoms with Crippen LogP contribution in [0.15, 0.2) is 30.6 Å². The molecule has 0 spiro atoms. The topological polar surface area (TPSA) is 62.3 Å². The first kappa shape index (κ1) is 16.6. The fourth-order valence-corrected chi connectivity index (χ4v) is 4.14. The van der Waals surface area contributed by atoms with Gasteiger partial charge in [0.2, 0.25) is 5.91 Å². The molecule has 1 aliphatic rings. The molecule has 1 atom stereocenters. The lowest BCUT2D eigenvalue weighted by molar-refractivity contribution is -0.125. The number of nitrogens with one attached hydrogen (secondary N) is 1. The molecular weight excluding hydrogens is 322 g/mol. The van der Waals surface area contributed by atoms with Gasteiger partial charge in [0.25, 0.3) is 5.91 Å². The maximum absolute atomic E-state index is 12.4. The lowest BCUT2D eigenvalue weighted by Gasteiger charge is -2.21. The number of carbonyl (C=O) groups excluding carboxylic acids is 2. The Bertz CT molecular complexity index is 740. The van der Waals surface area contributed by atoms with Gasteiger partial charge in [-0.15, -0.1) is 11.3 Å². The highest BCUT2D eigenvalue weighted by atomic mass is 32.1. The van der Waals surface area contributed by atoms with Gasteiger partial charge in [-0.3, -0.25) is 14.6 Å². The maximum Gasteiger partial charge on any atom is 0.263 e. The first-order valence-electron chi connectivity index (χ1n) is 8.04. The fraction of sp³-hybridized carbons (Fsp3) is 0.389. The predicted octanol–water partition coefficient (Wildman–Crippen LogP) is 2.27.